The second kappa shape index (κ2) is 9.54. The summed E-state index contributed by atoms with van der Waals surface area (Å²) in [6, 6.07) is 5.67. The zero-order valence-electron chi connectivity index (χ0n) is 15.5. The molecule has 0 aromatic carbocycles. The van der Waals surface area contributed by atoms with E-state index in [1.165, 1.54) is 30.5 Å². The molecule has 12 nitrogen and oxygen atoms in total. The number of sulfonamides is 1. The molecule has 0 spiro atoms. The predicted octanol–water partition coefficient (Wildman–Crippen LogP) is -1.33. The maximum Gasteiger partial charge on any atom is 0.275 e. The topological polar surface area (TPSA) is 184 Å². The Kier molecular flexibility index (Phi) is 7.14. The molecular formula is C16H21N7O5S. The van der Waals surface area contributed by atoms with E-state index in [0.717, 1.165) is 10.8 Å². The number of hydrogen-bond donors (Lipinski definition) is 4. The second-order valence-corrected chi connectivity index (χ2v) is 7.46. The van der Waals surface area contributed by atoms with Crippen molar-refractivity contribution in [1.82, 2.24) is 14.9 Å². The summed E-state index contributed by atoms with van der Waals surface area (Å²) in [5, 5.41) is 5.83. The molecule has 2 rings (SSSR count). The average Bonchev–Trinajstić information content (AvgIpc) is 2.67. The van der Waals surface area contributed by atoms with Crippen molar-refractivity contribution in [1.29, 1.82) is 0 Å². The standard InChI is InChI=1S/C16H21N7O5S/c1-11-4-5-13(22-29(26,27)12-3-2-6-19-9-12)15(25)23(11)10-14(24)20-7-8-28-21-16(17)18/h2-6,9,22H,7-8,10H2,1H3,(H,20,24)(H4,17,18,21). The highest BCUT2D eigenvalue weighted by Crippen LogP contribution is 2.12. The Balaban J connectivity index is 2.10. The molecular weight excluding hydrogens is 402 g/mol. The first-order valence-corrected chi connectivity index (χ1v) is 9.80. The molecule has 13 heteroatoms. The number of guanidine groups is 1. The lowest BCUT2D eigenvalue weighted by Gasteiger charge is -2.13. The minimum absolute atomic E-state index is 0.0302. The first kappa shape index (κ1) is 21.7. The van der Waals surface area contributed by atoms with E-state index in [1.54, 1.807) is 6.92 Å². The molecule has 2 aromatic heterocycles. The van der Waals surface area contributed by atoms with E-state index < -0.39 is 21.5 Å². The van der Waals surface area contributed by atoms with E-state index in [4.69, 9.17) is 16.3 Å². The summed E-state index contributed by atoms with van der Waals surface area (Å²) in [7, 11) is -4.00. The van der Waals surface area contributed by atoms with Crippen LogP contribution in [0.2, 0.25) is 0 Å². The van der Waals surface area contributed by atoms with Gasteiger partial charge < -0.3 is 26.2 Å². The fourth-order valence-corrected chi connectivity index (χ4v) is 3.23. The number of hydrogen-bond acceptors (Lipinski definition) is 7. The van der Waals surface area contributed by atoms with Crippen molar-refractivity contribution in [3.05, 3.63) is 52.7 Å². The Morgan fingerprint density at radius 3 is 2.72 bits per heavy atom. The predicted molar refractivity (Wildman–Crippen MR) is 105 cm³/mol. The lowest BCUT2D eigenvalue weighted by Crippen LogP contribution is -2.36. The number of oxime groups is 1. The Bertz CT molecular complexity index is 1050. The summed E-state index contributed by atoms with van der Waals surface area (Å²) in [6.45, 7) is 1.45. The van der Waals surface area contributed by atoms with Crippen molar-refractivity contribution in [2.75, 3.05) is 17.9 Å². The van der Waals surface area contributed by atoms with Crippen LogP contribution < -0.4 is 27.1 Å². The number of nitrogens with one attached hydrogen (secondary N) is 2. The Labute approximate surface area is 166 Å². The SMILES string of the molecule is Cc1ccc(NS(=O)(=O)c2cccnc2)c(=O)n1CC(=O)NCCON=C(N)N. The number of pyridine rings is 2. The molecule has 2 heterocycles. The average molecular weight is 423 g/mol. The lowest BCUT2D eigenvalue weighted by molar-refractivity contribution is -0.122. The monoisotopic (exact) mass is 423 g/mol. The molecule has 0 fully saturated rings. The number of nitrogens with zero attached hydrogens (tertiary/aromatic N) is 3. The van der Waals surface area contributed by atoms with Crippen molar-refractivity contribution in [3.8, 4) is 0 Å². The molecule has 29 heavy (non-hydrogen) atoms. The second-order valence-electron chi connectivity index (χ2n) is 5.77. The highest BCUT2D eigenvalue weighted by Gasteiger charge is 2.18. The van der Waals surface area contributed by atoms with Crippen LogP contribution in [0.1, 0.15) is 5.69 Å². The third kappa shape index (κ3) is 6.21. The van der Waals surface area contributed by atoms with E-state index in [1.807, 2.05) is 0 Å². The minimum Gasteiger partial charge on any atom is -0.391 e. The van der Waals surface area contributed by atoms with Gasteiger partial charge in [0.15, 0.2) is 0 Å². The summed E-state index contributed by atoms with van der Waals surface area (Å²) in [6.07, 6.45) is 2.59. The van der Waals surface area contributed by atoms with E-state index in [-0.39, 0.29) is 36.2 Å². The molecule has 0 radical (unpaired) electrons. The number of carbonyl (C=O) groups is 1. The van der Waals surface area contributed by atoms with Crippen LogP contribution in [0.4, 0.5) is 5.69 Å². The fraction of sp³-hybridized carbons (Fsp3) is 0.250. The summed E-state index contributed by atoms with van der Waals surface area (Å²) < 4.78 is 28.2. The van der Waals surface area contributed by atoms with Crippen molar-refractivity contribution in [2.24, 2.45) is 16.6 Å². The number of anilines is 1. The third-order valence-electron chi connectivity index (χ3n) is 3.57. The highest BCUT2D eigenvalue weighted by molar-refractivity contribution is 7.92. The van der Waals surface area contributed by atoms with Gasteiger partial charge in [0.1, 0.15) is 23.7 Å². The molecule has 6 N–H and O–H groups in total. The number of rotatable bonds is 9. The largest absolute Gasteiger partial charge is 0.391 e. The Hall–Kier alpha value is -3.61. The summed E-state index contributed by atoms with van der Waals surface area (Å²) in [4.78, 5) is 33.1. The molecule has 0 aliphatic rings. The first-order chi connectivity index (χ1) is 13.7. The van der Waals surface area contributed by atoms with Crippen LogP contribution in [0.15, 0.2) is 51.5 Å². The van der Waals surface area contributed by atoms with Gasteiger partial charge in [0.25, 0.3) is 15.6 Å². The first-order valence-electron chi connectivity index (χ1n) is 8.31. The van der Waals surface area contributed by atoms with Gasteiger partial charge in [0.05, 0.1) is 6.54 Å². The van der Waals surface area contributed by atoms with Crippen LogP contribution in [0.25, 0.3) is 0 Å². The van der Waals surface area contributed by atoms with E-state index >= 15 is 0 Å². The number of carbonyl (C=O) groups excluding carboxylic acids is 1. The molecule has 2 aromatic rings. The van der Waals surface area contributed by atoms with Crippen LogP contribution in [0, 0.1) is 6.92 Å². The Morgan fingerprint density at radius 1 is 1.31 bits per heavy atom. The molecule has 0 aliphatic heterocycles. The molecule has 0 bridgehead atoms. The molecule has 156 valence electrons. The quantitative estimate of drug-likeness (QED) is 0.165. The van der Waals surface area contributed by atoms with Crippen molar-refractivity contribution < 1.29 is 18.0 Å². The maximum atomic E-state index is 12.7. The van der Waals surface area contributed by atoms with Gasteiger partial charge in [-0.2, -0.15) is 0 Å². The van der Waals surface area contributed by atoms with Gasteiger partial charge in [0.2, 0.25) is 11.9 Å². The Morgan fingerprint density at radius 2 is 2.07 bits per heavy atom. The van der Waals surface area contributed by atoms with E-state index in [0.29, 0.717) is 5.69 Å². The minimum atomic E-state index is -4.00. The number of amides is 1. The van der Waals surface area contributed by atoms with Crippen LogP contribution in [-0.4, -0.2) is 43.0 Å². The summed E-state index contributed by atoms with van der Waals surface area (Å²) in [5.41, 5.74) is 9.80. The van der Waals surface area contributed by atoms with Gasteiger partial charge in [-0.25, -0.2) is 8.42 Å². The van der Waals surface area contributed by atoms with E-state index in [9.17, 15) is 18.0 Å². The van der Waals surface area contributed by atoms with Gasteiger partial charge in [0, 0.05) is 18.1 Å². The summed E-state index contributed by atoms with van der Waals surface area (Å²) >= 11 is 0. The molecule has 0 aliphatic carbocycles. The molecule has 0 saturated heterocycles. The van der Waals surface area contributed by atoms with Gasteiger partial charge in [-0.05, 0) is 36.3 Å². The highest BCUT2D eigenvalue weighted by atomic mass is 32.2. The fourth-order valence-electron chi connectivity index (χ4n) is 2.21. The molecule has 0 unspecified atom stereocenters. The van der Waals surface area contributed by atoms with Crippen molar-refractivity contribution in [2.45, 2.75) is 18.4 Å². The zero-order chi connectivity index (χ0) is 21.4. The van der Waals surface area contributed by atoms with Crippen molar-refractivity contribution in [3.63, 3.8) is 0 Å². The third-order valence-corrected chi connectivity index (χ3v) is 4.92. The van der Waals surface area contributed by atoms with Crippen LogP contribution >= 0.6 is 0 Å². The number of aryl methyl sites for hydroxylation is 1. The molecule has 1 amide bonds. The molecule has 0 saturated carbocycles. The van der Waals surface area contributed by atoms with Gasteiger partial charge in [-0.3, -0.25) is 19.3 Å². The smallest absolute Gasteiger partial charge is 0.275 e. The van der Waals surface area contributed by atoms with Gasteiger partial charge in [-0.1, -0.05) is 0 Å². The summed E-state index contributed by atoms with van der Waals surface area (Å²) in [5.74, 6) is -0.722. The lowest BCUT2D eigenvalue weighted by atomic mass is 10.3. The molecule has 0 atom stereocenters. The maximum absolute atomic E-state index is 12.7. The van der Waals surface area contributed by atoms with Crippen LogP contribution in [0.3, 0.4) is 0 Å². The number of nitrogens with two attached hydrogens (primary N) is 2. The van der Waals surface area contributed by atoms with Gasteiger partial charge in [-0.15, -0.1) is 0 Å². The number of aromatic nitrogens is 2. The van der Waals surface area contributed by atoms with Crippen molar-refractivity contribution >= 4 is 27.6 Å². The normalized spacial score (nSPS) is 10.8. The van der Waals surface area contributed by atoms with E-state index in [2.05, 4.69) is 20.2 Å². The zero-order valence-corrected chi connectivity index (χ0v) is 16.3. The van der Waals surface area contributed by atoms with Crippen LogP contribution in [-0.2, 0) is 26.2 Å². The van der Waals surface area contributed by atoms with Gasteiger partial charge >= 0.3 is 0 Å². The van der Waals surface area contributed by atoms with Crippen LogP contribution in [0.5, 0.6) is 0 Å².